The summed E-state index contributed by atoms with van der Waals surface area (Å²) in [5.41, 5.74) is 8.34. The first-order valence-electron chi connectivity index (χ1n) is 7.60. The fraction of sp³-hybridized carbons (Fsp3) is 0.562. The maximum absolute atomic E-state index is 12.5. The SMILES string of the molecule is NC1Cc2ccccc2N(C(=O)CCN2CCCC2)C1. The van der Waals surface area contributed by atoms with Gasteiger partial charge in [-0.3, -0.25) is 4.79 Å². The van der Waals surface area contributed by atoms with Crippen molar-refractivity contribution in [3.63, 3.8) is 0 Å². The summed E-state index contributed by atoms with van der Waals surface area (Å²) >= 11 is 0. The van der Waals surface area contributed by atoms with Gasteiger partial charge in [0.1, 0.15) is 0 Å². The Balaban J connectivity index is 1.67. The van der Waals surface area contributed by atoms with Gasteiger partial charge in [-0.05, 0) is 44.0 Å². The molecule has 1 aromatic rings. The summed E-state index contributed by atoms with van der Waals surface area (Å²) < 4.78 is 0. The van der Waals surface area contributed by atoms with Crippen molar-refractivity contribution in [2.75, 3.05) is 31.1 Å². The van der Waals surface area contributed by atoms with E-state index in [9.17, 15) is 4.79 Å². The van der Waals surface area contributed by atoms with E-state index >= 15 is 0 Å². The van der Waals surface area contributed by atoms with Crippen molar-refractivity contribution in [1.82, 2.24) is 4.90 Å². The molecule has 4 heteroatoms. The summed E-state index contributed by atoms with van der Waals surface area (Å²) in [6.45, 7) is 3.81. The molecule has 0 aromatic heterocycles. The second kappa shape index (κ2) is 5.94. The molecule has 0 bridgehead atoms. The van der Waals surface area contributed by atoms with E-state index in [1.165, 1.54) is 18.4 Å². The van der Waals surface area contributed by atoms with E-state index in [1.807, 2.05) is 23.1 Å². The summed E-state index contributed by atoms with van der Waals surface area (Å²) in [5, 5.41) is 0. The number of benzene rings is 1. The number of fused-ring (bicyclic) bond motifs is 1. The van der Waals surface area contributed by atoms with Crippen molar-refractivity contribution in [3.05, 3.63) is 29.8 Å². The molecule has 20 heavy (non-hydrogen) atoms. The van der Waals surface area contributed by atoms with E-state index in [0.717, 1.165) is 31.7 Å². The fourth-order valence-corrected chi connectivity index (χ4v) is 3.26. The van der Waals surface area contributed by atoms with Crippen molar-refractivity contribution in [2.45, 2.75) is 31.7 Å². The van der Waals surface area contributed by atoms with Crippen molar-refractivity contribution < 1.29 is 4.79 Å². The molecule has 1 amide bonds. The zero-order valence-corrected chi connectivity index (χ0v) is 11.9. The number of nitrogens with two attached hydrogens (primary N) is 1. The number of anilines is 1. The van der Waals surface area contributed by atoms with Crippen molar-refractivity contribution in [3.8, 4) is 0 Å². The number of hydrogen-bond donors (Lipinski definition) is 1. The van der Waals surface area contributed by atoms with Crippen molar-refractivity contribution >= 4 is 11.6 Å². The summed E-state index contributed by atoms with van der Waals surface area (Å²) in [7, 11) is 0. The van der Waals surface area contributed by atoms with Crippen LogP contribution in [-0.2, 0) is 11.2 Å². The minimum absolute atomic E-state index is 0.0561. The van der Waals surface area contributed by atoms with Gasteiger partial charge < -0.3 is 15.5 Å². The van der Waals surface area contributed by atoms with Gasteiger partial charge in [0.2, 0.25) is 5.91 Å². The van der Waals surface area contributed by atoms with E-state index < -0.39 is 0 Å². The molecule has 1 aromatic carbocycles. The molecule has 0 aliphatic carbocycles. The Kier molecular flexibility index (Phi) is 4.03. The summed E-state index contributed by atoms with van der Waals surface area (Å²) in [5.74, 6) is 0.208. The van der Waals surface area contributed by atoms with Crippen LogP contribution in [0.5, 0.6) is 0 Å². The molecule has 108 valence electrons. The van der Waals surface area contributed by atoms with Crippen LogP contribution < -0.4 is 10.6 Å². The van der Waals surface area contributed by atoms with Gasteiger partial charge >= 0.3 is 0 Å². The molecule has 3 rings (SSSR count). The van der Waals surface area contributed by atoms with Gasteiger partial charge in [0.25, 0.3) is 0 Å². The molecule has 1 atom stereocenters. The van der Waals surface area contributed by atoms with Crippen LogP contribution in [0.3, 0.4) is 0 Å². The lowest BCUT2D eigenvalue weighted by Gasteiger charge is -2.33. The maximum atomic E-state index is 12.5. The highest BCUT2D eigenvalue weighted by molar-refractivity contribution is 5.94. The third-order valence-corrected chi connectivity index (χ3v) is 4.32. The standard InChI is InChI=1S/C16H23N3O/c17-14-11-13-5-1-2-6-15(13)19(12-14)16(20)7-10-18-8-3-4-9-18/h1-2,5-6,14H,3-4,7-12,17H2. The van der Waals surface area contributed by atoms with E-state index in [-0.39, 0.29) is 11.9 Å². The smallest absolute Gasteiger partial charge is 0.228 e. The Labute approximate surface area is 120 Å². The minimum Gasteiger partial charge on any atom is -0.326 e. The lowest BCUT2D eigenvalue weighted by atomic mass is 9.98. The normalized spacial score (nSPS) is 22.9. The highest BCUT2D eigenvalue weighted by Crippen LogP contribution is 2.27. The van der Waals surface area contributed by atoms with Gasteiger partial charge in [-0.2, -0.15) is 0 Å². The quantitative estimate of drug-likeness (QED) is 0.905. The van der Waals surface area contributed by atoms with Crippen LogP contribution in [0.4, 0.5) is 5.69 Å². The molecule has 2 heterocycles. The highest BCUT2D eigenvalue weighted by atomic mass is 16.2. The van der Waals surface area contributed by atoms with Crippen LogP contribution in [0.25, 0.3) is 0 Å². The number of para-hydroxylation sites is 1. The average Bonchev–Trinajstić information content (AvgIpc) is 2.97. The van der Waals surface area contributed by atoms with Crippen LogP contribution in [0.1, 0.15) is 24.8 Å². The Morgan fingerprint density at radius 3 is 2.80 bits per heavy atom. The lowest BCUT2D eigenvalue weighted by Crippen LogP contribution is -2.46. The summed E-state index contributed by atoms with van der Waals surface area (Å²) in [4.78, 5) is 16.8. The summed E-state index contributed by atoms with van der Waals surface area (Å²) in [6.07, 6.45) is 4.00. The van der Waals surface area contributed by atoms with Gasteiger partial charge in [-0.1, -0.05) is 18.2 Å². The van der Waals surface area contributed by atoms with Crippen LogP contribution >= 0.6 is 0 Å². The zero-order valence-electron chi connectivity index (χ0n) is 11.9. The second-order valence-electron chi connectivity index (χ2n) is 5.90. The van der Waals surface area contributed by atoms with Gasteiger partial charge in [-0.25, -0.2) is 0 Å². The maximum Gasteiger partial charge on any atom is 0.228 e. The highest BCUT2D eigenvalue weighted by Gasteiger charge is 2.26. The molecule has 4 nitrogen and oxygen atoms in total. The predicted octanol–water partition coefficient (Wildman–Crippen LogP) is 1.39. The lowest BCUT2D eigenvalue weighted by molar-refractivity contribution is -0.119. The van der Waals surface area contributed by atoms with E-state index in [0.29, 0.717) is 13.0 Å². The van der Waals surface area contributed by atoms with Crippen LogP contribution in [0.15, 0.2) is 24.3 Å². The molecule has 1 saturated heterocycles. The second-order valence-corrected chi connectivity index (χ2v) is 5.90. The average molecular weight is 273 g/mol. The van der Waals surface area contributed by atoms with E-state index in [2.05, 4.69) is 11.0 Å². The first kappa shape index (κ1) is 13.6. The topological polar surface area (TPSA) is 49.6 Å². The third kappa shape index (κ3) is 2.86. The van der Waals surface area contributed by atoms with Crippen LogP contribution in [-0.4, -0.2) is 43.0 Å². The molecule has 2 aliphatic rings. The van der Waals surface area contributed by atoms with Crippen molar-refractivity contribution in [2.24, 2.45) is 5.73 Å². The Morgan fingerprint density at radius 1 is 1.25 bits per heavy atom. The molecular formula is C16H23N3O. The number of nitrogens with zero attached hydrogens (tertiary/aromatic N) is 2. The van der Waals surface area contributed by atoms with Gasteiger partial charge in [0, 0.05) is 31.2 Å². The molecule has 2 aliphatic heterocycles. The third-order valence-electron chi connectivity index (χ3n) is 4.32. The first-order chi connectivity index (χ1) is 9.74. The first-order valence-corrected chi connectivity index (χ1v) is 7.60. The molecule has 1 unspecified atom stereocenters. The zero-order chi connectivity index (χ0) is 13.9. The van der Waals surface area contributed by atoms with E-state index in [4.69, 9.17) is 5.73 Å². The molecule has 2 N–H and O–H groups in total. The minimum atomic E-state index is 0.0561. The number of carbonyl (C=O) groups is 1. The fourth-order valence-electron chi connectivity index (χ4n) is 3.26. The Hall–Kier alpha value is -1.39. The molecule has 0 radical (unpaired) electrons. The van der Waals surface area contributed by atoms with Crippen molar-refractivity contribution in [1.29, 1.82) is 0 Å². The largest absolute Gasteiger partial charge is 0.326 e. The monoisotopic (exact) mass is 273 g/mol. The van der Waals surface area contributed by atoms with Gasteiger partial charge in [0.15, 0.2) is 0 Å². The molecule has 0 spiro atoms. The number of carbonyl (C=O) groups excluding carboxylic acids is 1. The van der Waals surface area contributed by atoms with E-state index in [1.54, 1.807) is 0 Å². The van der Waals surface area contributed by atoms with Crippen LogP contribution in [0.2, 0.25) is 0 Å². The van der Waals surface area contributed by atoms with Gasteiger partial charge in [-0.15, -0.1) is 0 Å². The van der Waals surface area contributed by atoms with Gasteiger partial charge in [0.05, 0.1) is 0 Å². The molecule has 1 fully saturated rings. The summed E-state index contributed by atoms with van der Waals surface area (Å²) in [6, 6.07) is 8.19. The number of likely N-dealkylation sites (tertiary alicyclic amines) is 1. The number of rotatable bonds is 3. The number of amides is 1. The number of hydrogen-bond acceptors (Lipinski definition) is 3. The predicted molar refractivity (Wildman–Crippen MR) is 80.8 cm³/mol. The Morgan fingerprint density at radius 2 is 2.00 bits per heavy atom. The molecular weight excluding hydrogens is 250 g/mol. The molecule has 0 saturated carbocycles. The Bertz CT molecular complexity index is 482. The van der Waals surface area contributed by atoms with Crippen LogP contribution in [0, 0.1) is 0 Å².